The molecule has 0 bridgehead atoms. The molecule has 0 aromatic heterocycles. The van der Waals surface area contributed by atoms with Crippen LogP contribution in [0.1, 0.15) is 54.2 Å². The first-order valence-corrected chi connectivity index (χ1v) is 9.66. The molecule has 0 aliphatic rings. The van der Waals surface area contributed by atoms with Crippen LogP contribution in [-0.4, -0.2) is 13.6 Å². The standard InChI is InChI=1S/C24H35NO/c1-9-21-19(5)17(3)13-14-23(21)26-24(7,18(4)15-25-8)22-12-10-11-16(2)20(22)6/h10-14,18,25H,9,15H2,1-8H3/t18?,24-/m1/s1/i/hD. The van der Waals surface area contributed by atoms with Crippen molar-refractivity contribution in [3.05, 3.63) is 63.7 Å². The molecule has 0 amide bonds. The molecule has 2 heteroatoms. The lowest BCUT2D eigenvalue weighted by Crippen LogP contribution is -2.42. The number of rotatable bonds is 7. The lowest BCUT2D eigenvalue weighted by atomic mass is 9.80. The minimum atomic E-state index is -0.517. The predicted octanol–water partition coefficient (Wildman–Crippen LogP) is 5.63. The van der Waals surface area contributed by atoms with E-state index in [2.05, 4.69) is 78.8 Å². The highest BCUT2D eigenvalue weighted by atomic mass is 16.5. The third-order valence-corrected chi connectivity index (χ3v) is 6.04. The average Bonchev–Trinajstić information content (AvgIpc) is 2.60. The number of aryl methyl sites for hydroxylation is 2. The second-order valence-electron chi connectivity index (χ2n) is 7.69. The maximum atomic E-state index is 7.94. The van der Waals surface area contributed by atoms with E-state index in [0.717, 1.165) is 12.2 Å². The van der Waals surface area contributed by atoms with Gasteiger partial charge in [-0.15, -0.1) is 0 Å². The zero-order chi connectivity index (χ0) is 20.4. The Labute approximate surface area is 161 Å². The Morgan fingerprint density at radius 1 is 1.08 bits per heavy atom. The minimum absolute atomic E-state index is 0.145. The fourth-order valence-corrected chi connectivity index (χ4v) is 3.77. The van der Waals surface area contributed by atoms with Gasteiger partial charge >= 0.3 is 0 Å². The first-order valence-electron chi connectivity index (χ1n) is 10.1. The molecule has 2 rings (SSSR count). The van der Waals surface area contributed by atoms with Gasteiger partial charge in [0.05, 0.1) is 0 Å². The molecule has 1 unspecified atom stereocenters. The van der Waals surface area contributed by atoms with Crippen molar-refractivity contribution in [2.24, 2.45) is 5.92 Å². The van der Waals surface area contributed by atoms with E-state index in [4.69, 9.17) is 6.15 Å². The number of nitrogens with one attached hydrogen (secondary N) is 1. The van der Waals surface area contributed by atoms with Crippen LogP contribution in [0.3, 0.4) is 0 Å². The molecule has 26 heavy (non-hydrogen) atoms. The quantitative estimate of drug-likeness (QED) is 0.695. The monoisotopic (exact) mass is 354 g/mol. The molecule has 0 heterocycles. The van der Waals surface area contributed by atoms with E-state index in [0.29, 0.717) is 6.54 Å². The summed E-state index contributed by atoms with van der Waals surface area (Å²) in [5, 5.41) is 1.50. The highest BCUT2D eigenvalue weighted by Crippen LogP contribution is 2.39. The Kier molecular flexibility index (Phi) is 6.03. The van der Waals surface area contributed by atoms with Crippen molar-refractivity contribution in [2.45, 2.75) is 60.5 Å². The smallest absolute Gasteiger partial charge is 0.135 e. The van der Waals surface area contributed by atoms with Gasteiger partial charge in [0.25, 0.3) is 0 Å². The second kappa shape index (κ2) is 8.26. The largest absolute Gasteiger partial charge is 0.482 e. The van der Waals surface area contributed by atoms with Crippen LogP contribution in [0.25, 0.3) is 0 Å². The Morgan fingerprint density at radius 2 is 1.73 bits per heavy atom. The van der Waals surface area contributed by atoms with Crippen LogP contribution in [-0.2, 0) is 12.0 Å². The third-order valence-electron chi connectivity index (χ3n) is 6.04. The molecule has 0 saturated heterocycles. The Hall–Kier alpha value is -1.80. The van der Waals surface area contributed by atoms with Crippen LogP contribution >= 0.6 is 0 Å². The van der Waals surface area contributed by atoms with Gasteiger partial charge in [0, 0.05) is 12.5 Å². The van der Waals surface area contributed by atoms with E-state index in [1.165, 1.54) is 38.7 Å². The molecule has 1 N–H and O–H groups in total. The molecule has 2 aromatic carbocycles. The van der Waals surface area contributed by atoms with Crippen molar-refractivity contribution in [1.29, 1.82) is 0 Å². The molecule has 2 nitrogen and oxygen atoms in total. The molecule has 0 saturated carbocycles. The number of hydrogen-bond acceptors (Lipinski definition) is 2. The van der Waals surface area contributed by atoms with E-state index in [1.807, 2.05) is 0 Å². The van der Waals surface area contributed by atoms with Gasteiger partial charge in [0.15, 0.2) is 0 Å². The van der Waals surface area contributed by atoms with Crippen molar-refractivity contribution in [1.82, 2.24) is 5.31 Å². The van der Waals surface area contributed by atoms with E-state index in [1.54, 1.807) is 7.05 Å². The van der Waals surface area contributed by atoms with Gasteiger partial charge in [-0.05, 0) is 87.5 Å². The molecular weight excluding hydrogens is 318 g/mol. The molecule has 0 radical (unpaired) electrons. The zero-order valence-corrected chi connectivity index (χ0v) is 17.7. The topological polar surface area (TPSA) is 21.3 Å². The molecule has 0 aliphatic carbocycles. The summed E-state index contributed by atoms with van der Waals surface area (Å²) in [6.45, 7) is 15.8. The molecule has 142 valence electrons. The number of ether oxygens (including phenoxy) is 1. The number of hydrogen-bond donors (Lipinski definition) is 1. The van der Waals surface area contributed by atoms with Gasteiger partial charge in [-0.25, -0.2) is 0 Å². The molecule has 0 fully saturated rings. The Bertz CT molecular complexity index is 799. The third kappa shape index (κ3) is 3.81. The van der Waals surface area contributed by atoms with E-state index < -0.39 is 5.60 Å². The molecule has 0 aliphatic heterocycles. The van der Waals surface area contributed by atoms with Gasteiger partial charge in [-0.1, -0.05) is 38.1 Å². The zero-order valence-electron chi connectivity index (χ0n) is 18.7. The summed E-state index contributed by atoms with van der Waals surface area (Å²) < 4.78 is 14.8. The van der Waals surface area contributed by atoms with Crippen molar-refractivity contribution in [3.8, 4) is 5.75 Å². The molecule has 2 aromatic rings. The van der Waals surface area contributed by atoms with Crippen molar-refractivity contribution < 1.29 is 6.15 Å². The van der Waals surface area contributed by atoms with Gasteiger partial charge in [-0.3, -0.25) is 0 Å². The van der Waals surface area contributed by atoms with Crippen LogP contribution in [0.5, 0.6) is 5.75 Å². The minimum Gasteiger partial charge on any atom is -0.482 e. The van der Waals surface area contributed by atoms with Crippen LogP contribution < -0.4 is 10.0 Å². The van der Waals surface area contributed by atoms with Crippen LogP contribution in [0, 0.1) is 33.6 Å². The molecule has 0 spiro atoms. The maximum Gasteiger partial charge on any atom is 0.135 e. The summed E-state index contributed by atoms with van der Waals surface area (Å²) >= 11 is 0. The van der Waals surface area contributed by atoms with Crippen molar-refractivity contribution in [2.75, 3.05) is 13.6 Å². The summed E-state index contributed by atoms with van der Waals surface area (Å²) in [6, 6.07) is 10.7. The number of benzene rings is 2. The first-order chi connectivity index (χ1) is 12.6. The first kappa shape index (κ1) is 19.0. The van der Waals surface area contributed by atoms with Crippen molar-refractivity contribution >= 4 is 0 Å². The summed E-state index contributed by atoms with van der Waals surface area (Å²) in [5.74, 6) is 1.11. The SMILES string of the molecule is [2H]N(C)CC(C)[C@@](C)(Oc1ccc(C)c(C)c1CC)c1cccc(C)c1C. The summed E-state index contributed by atoms with van der Waals surface area (Å²) in [5.41, 5.74) is 7.10. The Morgan fingerprint density at radius 3 is 2.35 bits per heavy atom. The van der Waals surface area contributed by atoms with Crippen LogP contribution in [0.15, 0.2) is 30.3 Å². The van der Waals surface area contributed by atoms with E-state index in [9.17, 15) is 0 Å². The van der Waals surface area contributed by atoms with Gasteiger partial charge in [0.1, 0.15) is 12.8 Å². The highest BCUT2D eigenvalue weighted by molar-refractivity contribution is 5.46. The van der Waals surface area contributed by atoms with Gasteiger partial charge in [-0.2, -0.15) is 0 Å². The van der Waals surface area contributed by atoms with E-state index in [-0.39, 0.29) is 5.92 Å². The van der Waals surface area contributed by atoms with Crippen molar-refractivity contribution in [3.63, 3.8) is 0 Å². The van der Waals surface area contributed by atoms with Crippen LogP contribution in [0.4, 0.5) is 0 Å². The lowest BCUT2D eigenvalue weighted by Gasteiger charge is -2.39. The summed E-state index contributed by atoms with van der Waals surface area (Å²) in [6.07, 6.45) is 0.943. The summed E-state index contributed by atoms with van der Waals surface area (Å²) in [7, 11) is 1.80. The molecular formula is C24H35NO. The average molecular weight is 355 g/mol. The normalized spacial score (nSPS) is 15.5. The predicted molar refractivity (Wildman–Crippen MR) is 112 cm³/mol. The lowest BCUT2D eigenvalue weighted by molar-refractivity contribution is 0.0283. The van der Waals surface area contributed by atoms with Crippen LogP contribution in [0.2, 0.25) is 1.41 Å². The van der Waals surface area contributed by atoms with Gasteiger partial charge in [0.2, 0.25) is 0 Å². The van der Waals surface area contributed by atoms with E-state index >= 15 is 0 Å². The fraction of sp³-hybridized carbons (Fsp3) is 0.500. The highest BCUT2D eigenvalue weighted by Gasteiger charge is 2.37. The molecule has 2 atom stereocenters. The maximum absolute atomic E-state index is 7.94. The second-order valence-corrected chi connectivity index (χ2v) is 7.69. The Balaban J connectivity index is 2.61. The van der Waals surface area contributed by atoms with Gasteiger partial charge < -0.3 is 10.0 Å². The fourth-order valence-electron chi connectivity index (χ4n) is 3.77. The summed E-state index contributed by atoms with van der Waals surface area (Å²) in [4.78, 5) is 0.